The standard InChI is InChI=1S/C11H17N3O3/c1-15-10(16-2)9-3-4-12-11(13-9)14-5-7-17-8-6-14/h3-4,10H,5-8H2,1-2H3. The SMILES string of the molecule is COC(OC)c1ccnc(N2CCOCC2)n1. The van der Waals surface area contributed by atoms with E-state index in [4.69, 9.17) is 14.2 Å². The summed E-state index contributed by atoms with van der Waals surface area (Å²) >= 11 is 0. The summed E-state index contributed by atoms with van der Waals surface area (Å²) < 4.78 is 15.6. The highest BCUT2D eigenvalue weighted by Crippen LogP contribution is 2.17. The summed E-state index contributed by atoms with van der Waals surface area (Å²) in [5.41, 5.74) is 0.728. The van der Waals surface area contributed by atoms with Crippen molar-refractivity contribution in [2.24, 2.45) is 0 Å². The van der Waals surface area contributed by atoms with Crippen LogP contribution < -0.4 is 4.90 Å². The molecule has 0 unspecified atom stereocenters. The molecule has 2 rings (SSSR count). The maximum Gasteiger partial charge on any atom is 0.225 e. The first-order chi connectivity index (χ1) is 8.35. The van der Waals surface area contributed by atoms with E-state index in [0.717, 1.165) is 18.8 Å². The van der Waals surface area contributed by atoms with Crippen LogP contribution in [0.5, 0.6) is 0 Å². The van der Waals surface area contributed by atoms with Gasteiger partial charge < -0.3 is 19.1 Å². The van der Waals surface area contributed by atoms with Crippen LogP contribution in [0.25, 0.3) is 0 Å². The Labute approximate surface area is 101 Å². The van der Waals surface area contributed by atoms with Crippen molar-refractivity contribution >= 4 is 5.95 Å². The lowest BCUT2D eigenvalue weighted by atomic mass is 10.4. The van der Waals surface area contributed by atoms with Gasteiger partial charge in [0.25, 0.3) is 0 Å². The molecule has 2 heterocycles. The highest BCUT2D eigenvalue weighted by molar-refractivity contribution is 5.30. The van der Waals surface area contributed by atoms with Crippen molar-refractivity contribution in [2.75, 3.05) is 45.4 Å². The Morgan fingerprint density at radius 1 is 1.29 bits per heavy atom. The predicted molar refractivity (Wildman–Crippen MR) is 61.8 cm³/mol. The van der Waals surface area contributed by atoms with Gasteiger partial charge in [-0.25, -0.2) is 9.97 Å². The van der Waals surface area contributed by atoms with E-state index in [2.05, 4.69) is 14.9 Å². The van der Waals surface area contributed by atoms with Crippen molar-refractivity contribution < 1.29 is 14.2 Å². The van der Waals surface area contributed by atoms with Crippen molar-refractivity contribution in [3.63, 3.8) is 0 Å². The number of morpholine rings is 1. The zero-order valence-electron chi connectivity index (χ0n) is 10.1. The first-order valence-corrected chi connectivity index (χ1v) is 5.56. The number of hydrogen-bond acceptors (Lipinski definition) is 6. The lowest BCUT2D eigenvalue weighted by Gasteiger charge is -2.27. The van der Waals surface area contributed by atoms with E-state index >= 15 is 0 Å². The third-order valence-electron chi connectivity index (χ3n) is 2.63. The van der Waals surface area contributed by atoms with E-state index in [1.165, 1.54) is 0 Å². The molecule has 0 radical (unpaired) electrons. The molecule has 6 heteroatoms. The number of nitrogens with zero attached hydrogens (tertiary/aromatic N) is 3. The maximum atomic E-state index is 5.29. The zero-order chi connectivity index (χ0) is 12.1. The average molecular weight is 239 g/mol. The first kappa shape index (κ1) is 12.2. The molecule has 1 aliphatic rings. The second-order valence-electron chi connectivity index (χ2n) is 3.68. The fourth-order valence-electron chi connectivity index (χ4n) is 1.75. The van der Waals surface area contributed by atoms with Crippen LogP contribution in [-0.4, -0.2) is 50.5 Å². The van der Waals surface area contributed by atoms with E-state index in [1.54, 1.807) is 26.5 Å². The van der Waals surface area contributed by atoms with Crippen LogP contribution in [0.1, 0.15) is 12.0 Å². The van der Waals surface area contributed by atoms with Gasteiger partial charge in [-0.15, -0.1) is 0 Å². The summed E-state index contributed by atoms with van der Waals surface area (Å²) in [5, 5.41) is 0. The number of aromatic nitrogens is 2. The van der Waals surface area contributed by atoms with Crippen LogP contribution in [0.4, 0.5) is 5.95 Å². The Morgan fingerprint density at radius 3 is 2.65 bits per heavy atom. The number of anilines is 1. The Kier molecular flexibility index (Phi) is 4.24. The summed E-state index contributed by atoms with van der Waals surface area (Å²) in [6.45, 7) is 3.05. The fraction of sp³-hybridized carbons (Fsp3) is 0.636. The van der Waals surface area contributed by atoms with Gasteiger partial charge in [0.15, 0.2) is 0 Å². The third-order valence-corrected chi connectivity index (χ3v) is 2.63. The zero-order valence-corrected chi connectivity index (χ0v) is 10.1. The van der Waals surface area contributed by atoms with Gasteiger partial charge in [-0.1, -0.05) is 0 Å². The van der Waals surface area contributed by atoms with E-state index in [-0.39, 0.29) is 0 Å². The molecule has 1 saturated heterocycles. The van der Waals surface area contributed by atoms with Gasteiger partial charge in [0, 0.05) is 33.5 Å². The molecule has 1 aliphatic heterocycles. The summed E-state index contributed by atoms with van der Waals surface area (Å²) in [5.74, 6) is 0.699. The molecule has 17 heavy (non-hydrogen) atoms. The predicted octanol–water partition coefficient (Wildman–Crippen LogP) is 0.605. The van der Waals surface area contributed by atoms with Gasteiger partial charge in [0.05, 0.1) is 13.2 Å². The molecule has 1 aromatic heterocycles. The molecular weight excluding hydrogens is 222 g/mol. The highest BCUT2D eigenvalue weighted by atomic mass is 16.7. The summed E-state index contributed by atoms with van der Waals surface area (Å²) in [4.78, 5) is 10.8. The van der Waals surface area contributed by atoms with Gasteiger partial charge >= 0.3 is 0 Å². The molecular formula is C11H17N3O3. The minimum absolute atomic E-state index is 0.446. The molecule has 0 saturated carbocycles. The molecule has 0 bridgehead atoms. The second kappa shape index (κ2) is 5.90. The number of methoxy groups -OCH3 is 2. The first-order valence-electron chi connectivity index (χ1n) is 5.56. The summed E-state index contributed by atoms with van der Waals surface area (Å²) in [6, 6.07) is 1.79. The van der Waals surface area contributed by atoms with Crippen molar-refractivity contribution in [2.45, 2.75) is 6.29 Å². The van der Waals surface area contributed by atoms with E-state index < -0.39 is 6.29 Å². The van der Waals surface area contributed by atoms with Crippen molar-refractivity contribution in [3.05, 3.63) is 18.0 Å². The molecule has 0 atom stereocenters. The quantitative estimate of drug-likeness (QED) is 0.717. The molecule has 94 valence electrons. The summed E-state index contributed by atoms with van der Waals surface area (Å²) in [6.07, 6.45) is 1.27. The van der Waals surface area contributed by atoms with Crippen molar-refractivity contribution in [1.82, 2.24) is 9.97 Å². The lowest BCUT2D eigenvalue weighted by molar-refractivity contribution is -0.108. The van der Waals surface area contributed by atoms with E-state index in [9.17, 15) is 0 Å². The third kappa shape index (κ3) is 2.91. The van der Waals surface area contributed by atoms with Crippen LogP contribution in [0, 0.1) is 0 Å². The van der Waals surface area contributed by atoms with Crippen molar-refractivity contribution in [1.29, 1.82) is 0 Å². The van der Waals surface area contributed by atoms with Crippen LogP contribution in [0.15, 0.2) is 12.3 Å². The molecule has 0 aromatic carbocycles. The number of rotatable bonds is 4. The average Bonchev–Trinajstić information content (AvgIpc) is 2.42. The number of ether oxygens (including phenoxy) is 3. The molecule has 0 aliphatic carbocycles. The van der Waals surface area contributed by atoms with Crippen LogP contribution in [0.3, 0.4) is 0 Å². The van der Waals surface area contributed by atoms with Crippen LogP contribution >= 0.6 is 0 Å². The fourth-order valence-corrected chi connectivity index (χ4v) is 1.75. The molecule has 0 amide bonds. The van der Waals surface area contributed by atoms with Gasteiger partial charge in [-0.2, -0.15) is 0 Å². The minimum atomic E-state index is -0.446. The Morgan fingerprint density at radius 2 is 2.00 bits per heavy atom. The van der Waals surface area contributed by atoms with E-state index in [1.807, 2.05) is 0 Å². The molecule has 1 aromatic rings. The minimum Gasteiger partial charge on any atom is -0.378 e. The highest BCUT2D eigenvalue weighted by Gasteiger charge is 2.16. The molecule has 0 N–H and O–H groups in total. The normalized spacial score (nSPS) is 16.5. The topological polar surface area (TPSA) is 56.7 Å². The van der Waals surface area contributed by atoms with Gasteiger partial charge in [0.1, 0.15) is 5.69 Å². The lowest BCUT2D eigenvalue weighted by Crippen LogP contribution is -2.37. The smallest absolute Gasteiger partial charge is 0.225 e. The summed E-state index contributed by atoms with van der Waals surface area (Å²) in [7, 11) is 3.18. The molecule has 0 spiro atoms. The second-order valence-corrected chi connectivity index (χ2v) is 3.68. The van der Waals surface area contributed by atoms with Crippen molar-refractivity contribution in [3.8, 4) is 0 Å². The monoisotopic (exact) mass is 239 g/mol. The van der Waals surface area contributed by atoms with Gasteiger partial charge in [0.2, 0.25) is 12.2 Å². The van der Waals surface area contributed by atoms with Crippen LogP contribution in [0.2, 0.25) is 0 Å². The number of hydrogen-bond donors (Lipinski definition) is 0. The van der Waals surface area contributed by atoms with Gasteiger partial charge in [-0.3, -0.25) is 0 Å². The van der Waals surface area contributed by atoms with Crippen LogP contribution in [-0.2, 0) is 14.2 Å². The molecule has 1 fully saturated rings. The Bertz CT molecular complexity index is 352. The Balaban J connectivity index is 2.15. The molecule has 6 nitrogen and oxygen atoms in total. The van der Waals surface area contributed by atoms with E-state index in [0.29, 0.717) is 19.2 Å². The Hall–Kier alpha value is -1.24. The maximum absolute atomic E-state index is 5.29. The van der Waals surface area contributed by atoms with Gasteiger partial charge in [-0.05, 0) is 6.07 Å². The largest absolute Gasteiger partial charge is 0.378 e.